The standard InChI is InChI=1S/C10H8BrClS2/c1-13-10-6(4-11)2-3-8-9(10)7(12)5-14-8/h2-3,5H,4H2,1H3. The van der Waals surface area contributed by atoms with Crippen LogP contribution in [0.25, 0.3) is 10.1 Å². The lowest BCUT2D eigenvalue weighted by Gasteiger charge is -2.06. The third-order valence-electron chi connectivity index (χ3n) is 2.08. The quantitative estimate of drug-likeness (QED) is 0.545. The molecule has 0 fully saturated rings. The third kappa shape index (κ3) is 1.71. The molecular formula is C10H8BrClS2. The van der Waals surface area contributed by atoms with Crippen LogP contribution >= 0.6 is 50.6 Å². The largest absolute Gasteiger partial charge is 0.142 e. The number of alkyl halides is 1. The van der Waals surface area contributed by atoms with Crippen molar-refractivity contribution in [1.82, 2.24) is 0 Å². The molecule has 14 heavy (non-hydrogen) atoms. The highest BCUT2D eigenvalue weighted by Crippen LogP contribution is 2.39. The first-order valence-corrected chi connectivity index (χ1v) is 7.67. The van der Waals surface area contributed by atoms with E-state index in [-0.39, 0.29) is 0 Å². The Labute approximate surface area is 105 Å². The van der Waals surface area contributed by atoms with Gasteiger partial charge in [0.15, 0.2) is 0 Å². The number of rotatable bonds is 2. The number of hydrogen-bond donors (Lipinski definition) is 0. The van der Waals surface area contributed by atoms with E-state index in [9.17, 15) is 0 Å². The zero-order valence-corrected chi connectivity index (χ0v) is 11.5. The van der Waals surface area contributed by atoms with E-state index in [1.807, 2.05) is 5.38 Å². The molecule has 4 heteroatoms. The molecule has 0 amide bonds. The van der Waals surface area contributed by atoms with E-state index in [0.29, 0.717) is 0 Å². The lowest BCUT2D eigenvalue weighted by atomic mass is 10.2. The summed E-state index contributed by atoms with van der Waals surface area (Å²) in [6, 6.07) is 4.30. The lowest BCUT2D eigenvalue weighted by Crippen LogP contribution is -1.83. The highest BCUT2D eigenvalue weighted by Gasteiger charge is 2.10. The SMILES string of the molecule is CSc1c(CBr)ccc2scc(Cl)c12. The maximum absolute atomic E-state index is 6.17. The van der Waals surface area contributed by atoms with Crippen molar-refractivity contribution < 1.29 is 0 Å². The molecule has 1 heterocycles. The van der Waals surface area contributed by atoms with E-state index < -0.39 is 0 Å². The zero-order chi connectivity index (χ0) is 10.1. The first-order chi connectivity index (χ1) is 6.77. The van der Waals surface area contributed by atoms with Crippen LogP contribution in [0.1, 0.15) is 5.56 Å². The predicted octanol–water partition coefficient (Wildman–Crippen LogP) is 5.17. The van der Waals surface area contributed by atoms with Crippen molar-refractivity contribution >= 4 is 60.7 Å². The molecule has 0 nitrogen and oxygen atoms in total. The number of thioether (sulfide) groups is 1. The highest BCUT2D eigenvalue weighted by atomic mass is 79.9. The Bertz CT molecular complexity index is 464. The summed E-state index contributed by atoms with van der Waals surface area (Å²) in [7, 11) is 0. The van der Waals surface area contributed by atoms with Gasteiger partial charge in [-0.15, -0.1) is 23.1 Å². The Hall–Kier alpha value is 0.300. The van der Waals surface area contributed by atoms with Crippen LogP contribution in [-0.4, -0.2) is 6.26 Å². The average molecular weight is 308 g/mol. The van der Waals surface area contributed by atoms with Crippen LogP contribution in [0, 0.1) is 0 Å². The topological polar surface area (TPSA) is 0 Å². The van der Waals surface area contributed by atoms with Crippen molar-refractivity contribution in [2.45, 2.75) is 10.2 Å². The van der Waals surface area contributed by atoms with Crippen LogP contribution in [-0.2, 0) is 5.33 Å². The van der Waals surface area contributed by atoms with Crippen molar-refractivity contribution in [3.63, 3.8) is 0 Å². The maximum atomic E-state index is 6.17. The third-order valence-corrected chi connectivity index (χ3v) is 4.93. The van der Waals surface area contributed by atoms with Gasteiger partial charge in [-0.25, -0.2) is 0 Å². The fourth-order valence-electron chi connectivity index (χ4n) is 1.44. The molecule has 1 aromatic carbocycles. The minimum atomic E-state index is 0.872. The molecule has 0 saturated heterocycles. The normalized spacial score (nSPS) is 11.1. The smallest absolute Gasteiger partial charge is 0.0603 e. The van der Waals surface area contributed by atoms with Gasteiger partial charge in [0.2, 0.25) is 0 Å². The van der Waals surface area contributed by atoms with Crippen LogP contribution in [0.2, 0.25) is 5.02 Å². The van der Waals surface area contributed by atoms with Crippen molar-refractivity contribution in [2.24, 2.45) is 0 Å². The molecule has 0 bridgehead atoms. The monoisotopic (exact) mass is 306 g/mol. The molecule has 0 spiro atoms. The van der Waals surface area contributed by atoms with Gasteiger partial charge >= 0.3 is 0 Å². The van der Waals surface area contributed by atoms with Crippen LogP contribution in [0.5, 0.6) is 0 Å². The van der Waals surface area contributed by atoms with Gasteiger partial charge in [0.05, 0.1) is 5.02 Å². The number of halogens is 2. The van der Waals surface area contributed by atoms with Crippen LogP contribution in [0.4, 0.5) is 0 Å². The van der Waals surface area contributed by atoms with Gasteiger partial charge in [-0.2, -0.15) is 0 Å². The molecule has 2 rings (SSSR count). The summed E-state index contributed by atoms with van der Waals surface area (Å²) in [6.45, 7) is 0. The van der Waals surface area contributed by atoms with E-state index >= 15 is 0 Å². The maximum Gasteiger partial charge on any atom is 0.0603 e. The minimum Gasteiger partial charge on any atom is -0.142 e. The van der Waals surface area contributed by atoms with E-state index in [0.717, 1.165) is 10.4 Å². The molecule has 0 aliphatic heterocycles. The van der Waals surface area contributed by atoms with Crippen molar-refractivity contribution in [3.05, 3.63) is 28.1 Å². The predicted molar refractivity (Wildman–Crippen MR) is 71.2 cm³/mol. The molecule has 74 valence electrons. The molecular weight excluding hydrogens is 300 g/mol. The summed E-state index contributed by atoms with van der Waals surface area (Å²) in [5, 5.41) is 4.97. The molecule has 0 saturated carbocycles. The molecule has 2 aromatic rings. The Morgan fingerprint density at radius 2 is 2.29 bits per heavy atom. The number of fused-ring (bicyclic) bond motifs is 1. The van der Waals surface area contributed by atoms with Gasteiger partial charge in [-0.1, -0.05) is 33.6 Å². The molecule has 0 aliphatic carbocycles. The molecule has 0 aliphatic rings. The second-order valence-corrected chi connectivity index (χ2v) is 5.54. The van der Waals surface area contributed by atoms with E-state index in [1.165, 1.54) is 20.5 Å². The minimum absolute atomic E-state index is 0.872. The molecule has 1 aromatic heterocycles. The fraction of sp³-hybridized carbons (Fsp3) is 0.200. The van der Waals surface area contributed by atoms with Gasteiger partial charge in [-0.05, 0) is 17.9 Å². The first kappa shape index (κ1) is 10.8. The van der Waals surface area contributed by atoms with Gasteiger partial charge in [0.25, 0.3) is 0 Å². The van der Waals surface area contributed by atoms with Gasteiger partial charge in [-0.3, -0.25) is 0 Å². The Balaban J connectivity index is 2.81. The number of thiophene rings is 1. The van der Waals surface area contributed by atoms with Gasteiger partial charge in [0.1, 0.15) is 0 Å². The van der Waals surface area contributed by atoms with Crippen molar-refractivity contribution in [2.75, 3.05) is 6.26 Å². The van der Waals surface area contributed by atoms with Crippen LogP contribution < -0.4 is 0 Å². The van der Waals surface area contributed by atoms with Crippen molar-refractivity contribution in [1.29, 1.82) is 0 Å². The number of benzene rings is 1. The van der Waals surface area contributed by atoms with E-state index in [4.69, 9.17) is 11.6 Å². The second-order valence-electron chi connectivity index (χ2n) is 2.85. The Morgan fingerprint density at radius 1 is 1.50 bits per heavy atom. The molecule has 0 unspecified atom stereocenters. The summed E-state index contributed by atoms with van der Waals surface area (Å²) in [6.07, 6.45) is 2.09. The summed E-state index contributed by atoms with van der Waals surface area (Å²) in [5.41, 5.74) is 1.31. The van der Waals surface area contributed by atoms with E-state index in [1.54, 1.807) is 23.1 Å². The summed E-state index contributed by atoms with van der Waals surface area (Å²) < 4.78 is 1.27. The average Bonchev–Trinajstić information content (AvgIpc) is 2.59. The summed E-state index contributed by atoms with van der Waals surface area (Å²) in [5.74, 6) is 0. The second kappa shape index (κ2) is 4.44. The van der Waals surface area contributed by atoms with Gasteiger partial charge < -0.3 is 0 Å². The number of hydrogen-bond acceptors (Lipinski definition) is 2. The summed E-state index contributed by atoms with van der Waals surface area (Å²) in [4.78, 5) is 1.30. The van der Waals surface area contributed by atoms with Gasteiger partial charge in [0, 0.05) is 25.7 Å². The van der Waals surface area contributed by atoms with Crippen LogP contribution in [0.3, 0.4) is 0 Å². The zero-order valence-electron chi connectivity index (χ0n) is 7.51. The van der Waals surface area contributed by atoms with Crippen molar-refractivity contribution in [3.8, 4) is 0 Å². The van der Waals surface area contributed by atoms with Crippen LogP contribution in [0.15, 0.2) is 22.4 Å². The Kier molecular flexibility index (Phi) is 3.42. The first-order valence-electron chi connectivity index (χ1n) is 4.06. The fourth-order valence-corrected chi connectivity index (χ4v) is 4.26. The highest BCUT2D eigenvalue weighted by molar-refractivity contribution is 9.08. The van der Waals surface area contributed by atoms with E-state index in [2.05, 4.69) is 34.3 Å². The lowest BCUT2D eigenvalue weighted by molar-refractivity contribution is 1.33. The molecule has 0 radical (unpaired) electrons. The molecule has 0 atom stereocenters. The summed E-state index contributed by atoms with van der Waals surface area (Å²) >= 11 is 13.1. The Morgan fingerprint density at radius 3 is 2.93 bits per heavy atom. The molecule has 0 N–H and O–H groups in total.